The summed E-state index contributed by atoms with van der Waals surface area (Å²) in [4.78, 5) is 9.05. The van der Waals surface area contributed by atoms with Crippen LogP contribution < -0.4 is 29.6 Å². The van der Waals surface area contributed by atoms with Gasteiger partial charge in [-0.1, -0.05) is 6.92 Å². The quantitative estimate of drug-likeness (QED) is 0.250. The van der Waals surface area contributed by atoms with Crippen LogP contribution in [-0.2, 0) is 4.79 Å². The van der Waals surface area contributed by atoms with Gasteiger partial charge in [0.1, 0.15) is 0 Å². The van der Waals surface area contributed by atoms with Crippen molar-refractivity contribution >= 4 is 14.7 Å². The first-order chi connectivity index (χ1) is 1.91. The number of hydrogen-bond donors (Lipinski definition) is 0. The number of carbonyl (C=O) groups excluding carboxylic acids is 1. The van der Waals surface area contributed by atoms with E-state index in [1.807, 2.05) is 0 Å². The Labute approximate surface area is 62.4 Å². The summed E-state index contributed by atoms with van der Waals surface area (Å²) in [7, 11) is 0. The van der Waals surface area contributed by atoms with Crippen molar-refractivity contribution < 1.29 is 34.4 Å². The van der Waals surface area contributed by atoms with Crippen LogP contribution in [0, 0.1) is 0 Å². The Hall–Kier alpha value is 0.735. The zero-order valence-corrected chi connectivity index (χ0v) is 6.19. The molecule has 0 aromatic heterocycles. The fourth-order valence-electron chi connectivity index (χ4n) is 0. The van der Waals surface area contributed by atoms with Crippen LogP contribution in [0.4, 0.5) is 0 Å². The second kappa shape index (κ2) is 17.2. The SMILES string of the molecule is CC[C-]=O.[B].[Na+]. The molecule has 0 bridgehead atoms. The Morgan fingerprint density at radius 3 is 1.83 bits per heavy atom. The van der Waals surface area contributed by atoms with Crippen molar-refractivity contribution in [3.8, 4) is 0 Å². The summed E-state index contributed by atoms with van der Waals surface area (Å²) in [5.41, 5.74) is 0. The maximum absolute atomic E-state index is 9.05. The Bertz CT molecular complexity index is 24.8. The summed E-state index contributed by atoms with van der Waals surface area (Å²) in [6.45, 7) is 1.76. The van der Waals surface area contributed by atoms with Gasteiger partial charge in [0.25, 0.3) is 0 Å². The van der Waals surface area contributed by atoms with Crippen LogP contribution in [-0.4, -0.2) is 14.7 Å². The maximum Gasteiger partial charge on any atom is 1.00 e. The Morgan fingerprint density at radius 2 is 1.83 bits per heavy atom. The van der Waals surface area contributed by atoms with Gasteiger partial charge in [-0.3, -0.25) is 6.29 Å². The zero-order valence-electron chi connectivity index (χ0n) is 4.19. The predicted molar refractivity (Wildman–Crippen MR) is 21.7 cm³/mol. The smallest absolute Gasteiger partial charge is 0.542 e. The van der Waals surface area contributed by atoms with Gasteiger partial charge in [-0.05, 0) is 0 Å². The predicted octanol–water partition coefficient (Wildman–Crippen LogP) is -2.87. The second-order valence-corrected chi connectivity index (χ2v) is 0.498. The molecule has 6 heavy (non-hydrogen) atoms. The van der Waals surface area contributed by atoms with Gasteiger partial charge in [0.2, 0.25) is 0 Å². The van der Waals surface area contributed by atoms with Crippen molar-refractivity contribution in [2.75, 3.05) is 0 Å². The van der Waals surface area contributed by atoms with Gasteiger partial charge in [-0.15, -0.1) is 0 Å². The van der Waals surface area contributed by atoms with E-state index in [0.29, 0.717) is 6.42 Å². The molecule has 0 saturated heterocycles. The van der Waals surface area contributed by atoms with Crippen molar-refractivity contribution in [2.45, 2.75) is 13.3 Å². The van der Waals surface area contributed by atoms with Gasteiger partial charge in [0, 0.05) is 8.41 Å². The number of hydrogen-bond acceptors (Lipinski definition) is 1. The van der Waals surface area contributed by atoms with E-state index < -0.39 is 0 Å². The van der Waals surface area contributed by atoms with Crippen LogP contribution in [0.25, 0.3) is 0 Å². The maximum atomic E-state index is 9.05. The minimum Gasteiger partial charge on any atom is -0.542 e. The standard InChI is InChI=1S/C3H5O.B.Na/c1-2-3-4;;/h2H2,1H3;;/q-1;;+1. The molecular weight excluding hydrogens is 85.8 g/mol. The molecule has 0 unspecified atom stereocenters. The number of rotatable bonds is 1. The molecule has 0 fully saturated rings. The van der Waals surface area contributed by atoms with Gasteiger partial charge in [-0.25, -0.2) is 0 Å². The zero-order chi connectivity index (χ0) is 3.41. The molecule has 0 saturated carbocycles. The summed E-state index contributed by atoms with van der Waals surface area (Å²) in [6.07, 6.45) is 2.19. The van der Waals surface area contributed by atoms with Crippen molar-refractivity contribution in [3.63, 3.8) is 0 Å². The van der Waals surface area contributed by atoms with Crippen LogP contribution >= 0.6 is 0 Å². The van der Waals surface area contributed by atoms with Crippen LogP contribution in [0.15, 0.2) is 0 Å². The molecule has 1 nitrogen and oxygen atoms in total. The topological polar surface area (TPSA) is 17.1 Å². The van der Waals surface area contributed by atoms with E-state index in [1.165, 1.54) is 0 Å². The second-order valence-electron chi connectivity index (χ2n) is 0.498. The Balaban J connectivity index is -0.0000000450. The third-order valence-corrected chi connectivity index (χ3v) is 0.144. The largest absolute Gasteiger partial charge is 1.00 e. The van der Waals surface area contributed by atoms with E-state index in [4.69, 9.17) is 4.79 Å². The van der Waals surface area contributed by atoms with E-state index in [-0.39, 0.29) is 38.0 Å². The monoisotopic (exact) mass is 91.0 g/mol. The van der Waals surface area contributed by atoms with E-state index in [1.54, 1.807) is 13.2 Å². The van der Waals surface area contributed by atoms with E-state index >= 15 is 0 Å². The molecule has 0 N–H and O–H groups in total. The van der Waals surface area contributed by atoms with Crippen LogP contribution in [0.2, 0.25) is 0 Å². The van der Waals surface area contributed by atoms with Crippen LogP contribution in [0.3, 0.4) is 0 Å². The van der Waals surface area contributed by atoms with E-state index in [0.717, 1.165) is 0 Å². The minimum absolute atomic E-state index is 0. The molecule has 0 aromatic carbocycles. The summed E-state index contributed by atoms with van der Waals surface area (Å²) >= 11 is 0. The molecule has 0 aliphatic heterocycles. The van der Waals surface area contributed by atoms with Gasteiger partial charge >= 0.3 is 29.6 Å². The molecule has 27 valence electrons. The first-order valence-corrected chi connectivity index (χ1v) is 1.26. The normalized spacial score (nSPS) is 4.17. The molecule has 0 amide bonds. The molecule has 0 aliphatic carbocycles. The summed E-state index contributed by atoms with van der Waals surface area (Å²) in [6, 6.07) is 0. The summed E-state index contributed by atoms with van der Waals surface area (Å²) < 4.78 is 0. The molecule has 0 aromatic rings. The third-order valence-electron chi connectivity index (χ3n) is 0.144. The average molecular weight is 90.9 g/mol. The first-order valence-electron chi connectivity index (χ1n) is 1.26. The van der Waals surface area contributed by atoms with E-state index in [9.17, 15) is 0 Å². The van der Waals surface area contributed by atoms with Gasteiger partial charge < -0.3 is 4.79 Å². The van der Waals surface area contributed by atoms with Crippen molar-refractivity contribution in [1.82, 2.24) is 0 Å². The Morgan fingerprint density at radius 1 is 1.67 bits per heavy atom. The summed E-state index contributed by atoms with van der Waals surface area (Å²) in [5.74, 6) is 0. The molecule has 0 heterocycles. The molecule has 0 atom stereocenters. The molecular formula is C3H5BNaO. The fraction of sp³-hybridized carbons (Fsp3) is 0.667. The Kier molecular flexibility index (Phi) is 45.5. The minimum atomic E-state index is 0. The van der Waals surface area contributed by atoms with Crippen molar-refractivity contribution in [2.24, 2.45) is 0 Å². The average Bonchev–Trinajstić information content (AvgIpc) is 1.37. The first kappa shape index (κ1) is 15.9. The third kappa shape index (κ3) is 21.9. The molecule has 0 spiro atoms. The summed E-state index contributed by atoms with van der Waals surface area (Å²) in [5, 5.41) is 0. The van der Waals surface area contributed by atoms with Crippen molar-refractivity contribution in [3.05, 3.63) is 0 Å². The van der Waals surface area contributed by atoms with Gasteiger partial charge in [-0.2, -0.15) is 6.42 Å². The molecule has 0 rings (SSSR count). The molecule has 3 radical (unpaired) electrons. The van der Waals surface area contributed by atoms with Crippen LogP contribution in [0.1, 0.15) is 13.3 Å². The van der Waals surface area contributed by atoms with Gasteiger partial charge in [0.15, 0.2) is 0 Å². The van der Waals surface area contributed by atoms with E-state index in [2.05, 4.69) is 0 Å². The van der Waals surface area contributed by atoms with Crippen LogP contribution in [0.5, 0.6) is 0 Å². The van der Waals surface area contributed by atoms with Gasteiger partial charge in [0.05, 0.1) is 0 Å². The molecule has 3 heteroatoms. The molecule has 0 aliphatic rings. The van der Waals surface area contributed by atoms with Crippen molar-refractivity contribution in [1.29, 1.82) is 0 Å². The fourth-order valence-corrected chi connectivity index (χ4v) is 0.